The molecule has 0 saturated carbocycles. The van der Waals surface area contributed by atoms with E-state index in [1.54, 1.807) is 12.1 Å². The zero-order valence-corrected chi connectivity index (χ0v) is 11.0. The van der Waals surface area contributed by atoms with Crippen LogP contribution in [0.25, 0.3) is 0 Å². The van der Waals surface area contributed by atoms with E-state index >= 15 is 0 Å². The first-order valence-corrected chi connectivity index (χ1v) is 5.89. The molecule has 4 nitrogen and oxygen atoms in total. The van der Waals surface area contributed by atoms with Gasteiger partial charge >= 0.3 is 0 Å². The zero-order valence-electron chi connectivity index (χ0n) is 11.0. The van der Waals surface area contributed by atoms with Gasteiger partial charge in [-0.15, -0.1) is 0 Å². The van der Waals surface area contributed by atoms with Crippen LogP contribution >= 0.6 is 0 Å². The largest absolute Gasteiger partial charge is 0.493 e. The molecule has 100 valence electrons. The molecule has 19 heavy (non-hydrogen) atoms. The smallest absolute Gasteiger partial charge is 0.257 e. The Kier molecular flexibility index (Phi) is 3.14. The molecule has 0 amide bonds. The van der Waals surface area contributed by atoms with E-state index in [4.69, 9.17) is 0 Å². The van der Waals surface area contributed by atoms with Gasteiger partial charge in [-0.1, -0.05) is 12.1 Å². The Morgan fingerprint density at radius 1 is 1.26 bits per heavy atom. The van der Waals surface area contributed by atoms with E-state index in [0.717, 1.165) is 5.56 Å². The predicted octanol–water partition coefficient (Wildman–Crippen LogP) is 2.25. The molecule has 5 heteroatoms. The lowest BCUT2D eigenvalue weighted by molar-refractivity contribution is 0.434. The van der Waals surface area contributed by atoms with Gasteiger partial charge < -0.3 is 10.1 Å². The summed E-state index contributed by atoms with van der Waals surface area (Å²) in [5, 5.41) is 9.64. The lowest BCUT2D eigenvalue weighted by Gasteiger charge is -2.24. The lowest BCUT2D eigenvalue weighted by Crippen LogP contribution is -2.27. The van der Waals surface area contributed by atoms with Crippen LogP contribution in [0, 0.1) is 12.7 Å². The minimum absolute atomic E-state index is 0.179. The molecule has 0 bridgehead atoms. The molecule has 0 spiro atoms. The van der Waals surface area contributed by atoms with Crippen molar-refractivity contribution in [2.24, 2.45) is 0 Å². The summed E-state index contributed by atoms with van der Waals surface area (Å²) in [6.45, 7) is 5.18. The van der Waals surface area contributed by atoms with Gasteiger partial charge in [-0.05, 0) is 38.5 Å². The zero-order chi connectivity index (χ0) is 14.2. The van der Waals surface area contributed by atoms with Crippen molar-refractivity contribution < 1.29 is 9.50 Å². The van der Waals surface area contributed by atoms with Gasteiger partial charge in [0.15, 0.2) is 0 Å². The number of nitrogens with one attached hydrogen (secondary N) is 1. The van der Waals surface area contributed by atoms with Crippen molar-refractivity contribution >= 4 is 0 Å². The summed E-state index contributed by atoms with van der Waals surface area (Å²) in [7, 11) is 0. The number of H-pyrrole nitrogens is 1. The third-order valence-corrected chi connectivity index (χ3v) is 3.28. The Morgan fingerprint density at radius 3 is 2.37 bits per heavy atom. The van der Waals surface area contributed by atoms with Crippen LogP contribution in [0.1, 0.15) is 30.8 Å². The van der Waals surface area contributed by atoms with E-state index in [0.29, 0.717) is 5.82 Å². The summed E-state index contributed by atoms with van der Waals surface area (Å²) in [6, 6.07) is 5.96. The Morgan fingerprint density at radius 2 is 1.84 bits per heavy atom. The predicted molar refractivity (Wildman–Crippen MR) is 69.8 cm³/mol. The topological polar surface area (TPSA) is 66.0 Å². The van der Waals surface area contributed by atoms with Crippen LogP contribution in [-0.2, 0) is 5.41 Å². The average molecular weight is 262 g/mol. The molecule has 2 N–H and O–H groups in total. The highest BCUT2D eigenvalue weighted by Gasteiger charge is 2.27. The van der Waals surface area contributed by atoms with Crippen molar-refractivity contribution in [3.05, 3.63) is 57.4 Å². The Labute approximate surface area is 110 Å². The van der Waals surface area contributed by atoms with Gasteiger partial charge in [-0.2, -0.15) is 4.98 Å². The van der Waals surface area contributed by atoms with E-state index in [1.165, 1.54) is 19.1 Å². The van der Waals surface area contributed by atoms with Crippen LogP contribution in [0.4, 0.5) is 4.39 Å². The van der Waals surface area contributed by atoms with Crippen LogP contribution < -0.4 is 5.56 Å². The number of nitrogens with zero attached hydrogens (tertiary/aromatic N) is 1. The summed E-state index contributed by atoms with van der Waals surface area (Å²) >= 11 is 0. The molecular weight excluding hydrogens is 247 g/mol. The number of aromatic amines is 1. The number of aromatic hydroxyl groups is 1. The standard InChI is InChI=1S/C14H15FN2O2/c1-8-11(18)16-13(17-12(8)19)14(2,3)9-4-6-10(15)7-5-9/h4-7H,1-3H3,(H2,16,17,18,19). The van der Waals surface area contributed by atoms with Crippen LogP contribution in [0.2, 0.25) is 0 Å². The van der Waals surface area contributed by atoms with Gasteiger partial charge in [-0.3, -0.25) is 4.79 Å². The molecule has 2 aromatic rings. The molecule has 1 heterocycles. The fraction of sp³-hybridized carbons (Fsp3) is 0.286. The van der Waals surface area contributed by atoms with Crippen molar-refractivity contribution in [3.8, 4) is 5.88 Å². The molecule has 0 radical (unpaired) electrons. The maximum absolute atomic E-state index is 12.9. The van der Waals surface area contributed by atoms with E-state index in [9.17, 15) is 14.3 Å². The highest BCUT2D eigenvalue weighted by molar-refractivity contribution is 5.33. The fourth-order valence-electron chi connectivity index (χ4n) is 1.82. The number of hydrogen-bond donors (Lipinski definition) is 2. The molecular formula is C14H15FN2O2. The molecule has 2 rings (SSSR count). The maximum atomic E-state index is 12.9. The molecule has 0 aliphatic rings. The van der Waals surface area contributed by atoms with Crippen molar-refractivity contribution in [1.82, 2.24) is 9.97 Å². The second kappa shape index (κ2) is 4.50. The molecule has 1 aromatic carbocycles. The van der Waals surface area contributed by atoms with Gasteiger partial charge in [0, 0.05) is 5.41 Å². The minimum atomic E-state index is -0.641. The second-order valence-electron chi connectivity index (χ2n) is 5.00. The van der Waals surface area contributed by atoms with E-state index in [-0.39, 0.29) is 22.8 Å². The fourth-order valence-corrected chi connectivity index (χ4v) is 1.82. The SMILES string of the molecule is Cc1c(O)nc(C(C)(C)c2ccc(F)cc2)[nH]c1=O. The second-order valence-corrected chi connectivity index (χ2v) is 5.00. The average Bonchev–Trinajstić information content (AvgIpc) is 2.35. The third-order valence-electron chi connectivity index (χ3n) is 3.28. The molecule has 0 unspecified atom stereocenters. The summed E-state index contributed by atoms with van der Waals surface area (Å²) in [6.07, 6.45) is 0. The van der Waals surface area contributed by atoms with Gasteiger partial charge in [0.05, 0.1) is 5.56 Å². The van der Waals surface area contributed by atoms with Crippen molar-refractivity contribution in [2.45, 2.75) is 26.2 Å². The minimum Gasteiger partial charge on any atom is -0.493 e. The summed E-state index contributed by atoms with van der Waals surface area (Å²) in [5.41, 5.74) is -0.0467. The number of aromatic nitrogens is 2. The lowest BCUT2D eigenvalue weighted by atomic mass is 9.83. The number of halogens is 1. The third kappa shape index (κ3) is 2.36. The molecule has 0 saturated heterocycles. The summed E-state index contributed by atoms with van der Waals surface area (Å²) < 4.78 is 12.9. The number of hydrogen-bond acceptors (Lipinski definition) is 3. The van der Waals surface area contributed by atoms with Gasteiger partial charge in [0.25, 0.3) is 5.56 Å². The molecule has 0 atom stereocenters. The molecule has 0 aliphatic heterocycles. The van der Waals surface area contributed by atoms with Crippen LogP contribution in [-0.4, -0.2) is 15.1 Å². The highest BCUT2D eigenvalue weighted by Crippen LogP contribution is 2.29. The number of rotatable bonds is 2. The first kappa shape index (κ1) is 13.3. The van der Waals surface area contributed by atoms with E-state index in [2.05, 4.69) is 9.97 Å². The summed E-state index contributed by atoms with van der Waals surface area (Å²) in [4.78, 5) is 18.3. The molecule has 1 aromatic heterocycles. The van der Waals surface area contributed by atoms with E-state index < -0.39 is 5.41 Å². The quantitative estimate of drug-likeness (QED) is 0.872. The Balaban J connectivity index is 2.56. The van der Waals surface area contributed by atoms with Crippen LogP contribution in [0.5, 0.6) is 5.88 Å². The highest BCUT2D eigenvalue weighted by atomic mass is 19.1. The Hall–Kier alpha value is -2.17. The van der Waals surface area contributed by atoms with Crippen molar-refractivity contribution in [1.29, 1.82) is 0 Å². The van der Waals surface area contributed by atoms with Crippen LogP contribution in [0.3, 0.4) is 0 Å². The Bertz CT molecular complexity index is 660. The van der Waals surface area contributed by atoms with Crippen molar-refractivity contribution in [2.75, 3.05) is 0 Å². The van der Waals surface area contributed by atoms with Gasteiger partial charge in [0.1, 0.15) is 11.6 Å². The van der Waals surface area contributed by atoms with Gasteiger partial charge in [-0.25, -0.2) is 4.39 Å². The molecule has 0 fully saturated rings. The first-order valence-electron chi connectivity index (χ1n) is 5.89. The first-order chi connectivity index (χ1) is 8.82. The van der Waals surface area contributed by atoms with Gasteiger partial charge in [0.2, 0.25) is 5.88 Å². The maximum Gasteiger partial charge on any atom is 0.257 e. The van der Waals surface area contributed by atoms with Crippen molar-refractivity contribution in [3.63, 3.8) is 0 Å². The molecule has 0 aliphatic carbocycles. The normalized spacial score (nSPS) is 11.6. The van der Waals surface area contributed by atoms with Crippen LogP contribution in [0.15, 0.2) is 29.1 Å². The number of benzene rings is 1. The monoisotopic (exact) mass is 262 g/mol. The summed E-state index contributed by atoms with van der Waals surface area (Å²) in [5.74, 6) is -0.270. The van der Waals surface area contributed by atoms with E-state index in [1.807, 2.05) is 13.8 Å².